The molecule has 1 fully saturated rings. The molecular weight excluding hydrogens is 660 g/mol. The van der Waals surface area contributed by atoms with Gasteiger partial charge in [0.2, 0.25) is 5.91 Å². The lowest BCUT2D eigenvalue weighted by atomic mass is 10.1. The van der Waals surface area contributed by atoms with E-state index in [1.807, 2.05) is 47.4 Å². The smallest absolute Gasteiger partial charge is 0.264 e. The van der Waals surface area contributed by atoms with Crippen molar-refractivity contribution in [3.63, 3.8) is 0 Å². The number of ether oxygens (including phenoxy) is 2. The molecule has 0 spiro atoms. The number of carbonyl (C=O) groups excluding carboxylic acids is 1. The lowest BCUT2D eigenvalue weighted by Crippen LogP contribution is -2.40. The molecule has 1 amide bonds. The van der Waals surface area contributed by atoms with Gasteiger partial charge in [-0.05, 0) is 48.4 Å². The SMILES string of the molecule is COC(Cc1ccccc1)n1c(Cn2nc(-c3ccc(O)cc3)c3c(N)ncnc32)nc2cccc(C#CCCCC(=O)N3CCOCC3)c2c1=O. The van der Waals surface area contributed by atoms with Crippen LogP contribution in [0.3, 0.4) is 0 Å². The van der Waals surface area contributed by atoms with Crippen molar-refractivity contribution in [2.45, 2.75) is 38.5 Å². The van der Waals surface area contributed by atoms with Gasteiger partial charge in [-0.1, -0.05) is 48.2 Å². The number of aromatic nitrogens is 6. The summed E-state index contributed by atoms with van der Waals surface area (Å²) < 4.78 is 14.6. The fourth-order valence-electron chi connectivity index (χ4n) is 6.45. The molecule has 0 bridgehead atoms. The van der Waals surface area contributed by atoms with E-state index in [4.69, 9.17) is 25.3 Å². The van der Waals surface area contributed by atoms with Gasteiger partial charge in [0, 0.05) is 50.6 Å². The molecule has 4 heterocycles. The van der Waals surface area contributed by atoms with E-state index in [1.165, 1.54) is 6.33 Å². The van der Waals surface area contributed by atoms with E-state index in [9.17, 15) is 14.7 Å². The number of hydrogen-bond acceptors (Lipinski definition) is 10. The Bertz CT molecular complexity index is 2340. The molecule has 1 aliphatic heterocycles. The number of benzene rings is 3. The van der Waals surface area contributed by atoms with Crippen LogP contribution in [0.2, 0.25) is 0 Å². The highest BCUT2D eigenvalue weighted by atomic mass is 16.5. The number of unbranched alkanes of at least 4 members (excludes halogenated alkanes) is 1. The Morgan fingerprint density at radius 2 is 1.81 bits per heavy atom. The summed E-state index contributed by atoms with van der Waals surface area (Å²) in [5.74, 6) is 7.22. The first-order valence-electron chi connectivity index (χ1n) is 17.1. The van der Waals surface area contributed by atoms with Crippen molar-refractivity contribution in [1.82, 2.24) is 34.2 Å². The molecule has 3 aromatic carbocycles. The Hall–Kier alpha value is -6.10. The van der Waals surface area contributed by atoms with E-state index in [-0.39, 0.29) is 29.6 Å². The first kappa shape index (κ1) is 34.4. The van der Waals surface area contributed by atoms with Crippen molar-refractivity contribution in [3.8, 4) is 28.8 Å². The maximum absolute atomic E-state index is 14.7. The molecule has 0 aliphatic carbocycles. The molecule has 3 aromatic heterocycles. The Kier molecular flexibility index (Phi) is 10.2. The molecule has 3 N–H and O–H groups in total. The van der Waals surface area contributed by atoms with Crippen LogP contribution in [0.15, 0.2) is 83.9 Å². The number of nitrogens with two attached hydrogens (primary N) is 1. The quantitative estimate of drug-likeness (QED) is 0.156. The number of fused-ring (bicyclic) bond motifs is 2. The Morgan fingerprint density at radius 3 is 2.58 bits per heavy atom. The van der Waals surface area contributed by atoms with Crippen LogP contribution >= 0.6 is 0 Å². The van der Waals surface area contributed by atoms with Gasteiger partial charge < -0.3 is 25.2 Å². The number of amides is 1. The number of nitrogens with zero attached hydrogens (tertiary/aromatic N) is 7. The number of hydrogen-bond donors (Lipinski definition) is 2. The van der Waals surface area contributed by atoms with Crippen molar-refractivity contribution in [1.29, 1.82) is 0 Å². The molecule has 13 heteroatoms. The highest BCUT2D eigenvalue weighted by Gasteiger charge is 2.24. The minimum atomic E-state index is -0.716. The topological polar surface area (TPSA) is 164 Å². The number of phenols is 1. The van der Waals surface area contributed by atoms with Crippen LogP contribution in [0.4, 0.5) is 5.82 Å². The Balaban J connectivity index is 1.28. The zero-order valence-corrected chi connectivity index (χ0v) is 28.7. The molecular formula is C39H38N8O5. The molecule has 52 heavy (non-hydrogen) atoms. The average Bonchev–Trinajstić information content (AvgIpc) is 3.54. The summed E-state index contributed by atoms with van der Waals surface area (Å²) >= 11 is 0. The third kappa shape index (κ3) is 7.20. The zero-order chi connectivity index (χ0) is 36.0. The lowest BCUT2D eigenvalue weighted by Gasteiger charge is -2.26. The second kappa shape index (κ2) is 15.4. The molecule has 1 unspecified atom stereocenters. The summed E-state index contributed by atoms with van der Waals surface area (Å²) in [5.41, 5.74) is 9.75. The van der Waals surface area contributed by atoms with E-state index in [0.29, 0.717) is 96.6 Å². The fourth-order valence-corrected chi connectivity index (χ4v) is 6.45. The number of aromatic hydroxyl groups is 1. The molecule has 264 valence electrons. The minimum absolute atomic E-state index is 0.0535. The third-order valence-electron chi connectivity index (χ3n) is 9.09. The maximum Gasteiger partial charge on any atom is 0.264 e. The van der Waals surface area contributed by atoms with Gasteiger partial charge in [-0.2, -0.15) is 5.10 Å². The highest BCUT2D eigenvalue weighted by molar-refractivity contribution is 5.98. The van der Waals surface area contributed by atoms with E-state index in [0.717, 1.165) is 5.56 Å². The van der Waals surface area contributed by atoms with E-state index in [2.05, 4.69) is 21.8 Å². The molecule has 0 saturated carbocycles. The molecule has 7 rings (SSSR count). The van der Waals surface area contributed by atoms with Crippen LogP contribution < -0.4 is 11.3 Å². The normalized spacial score (nSPS) is 13.6. The van der Waals surface area contributed by atoms with E-state index in [1.54, 1.807) is 46.7 Å². The Morgan fingerprint density at radius 1 is 1.02 bits per heavy atom. The maximum atomic E-state index is 14.7. The predicted molar refractivity (Wildman–Crippen MR) is 196 cm³/mol. The summed E-state index contributed by atoms with van der Waals surface area (Å²) in [6.07, 6.45) is 2.57. The standard InChI is InChI=1S/C39H38N8O5/c1-51-33(23-26-9-4-2-5-10-26)47-31(24-46-38-35(37(40)41-25-42-38)36(44-46)28-15-17-29(48)18-16-28)43-30-13-8-12-27(34(30)39(47)50)11-6-3-7-14-32(49)45-19-21-52-22-20-45/h2,4-5,8-10,12-13,15-18,25,33,48H,3,7,14,19-24H2,1H3,(H2,40,41,42). The predicted octanol–water partition coefficient (Wildman–Crippen LogP) is 4.31. The number of methoxy groups -OCH3 is 1. The summed E-state index contributed by atoms with van der Waals surface area (Å²) in [6.45, 7) is 2.42. The first-order valence-corrected chi connectivity index (χ1v) is 17.1. The molecule has 13 nitrogen and oxygen atoms in total. The summed E-state index contributed by atoms with van der Waals surface area (Å²) in [7, 11) is 1.57. The van der Waals surface area contributed by atoms with Crippen LogP contribution in [0.25, 0.3) is 33.2 Å². The first-order chi connectivity index (χ1) is 25.4. The van der Waals surface area contributed by atoms with E-state index >= 15 is 0 Å². The lowest BCUT2D eigenvalue weighted by molar-refractivity contribution is -0.135. The monoisotopic (exact) mass is 698 g/mol. The summed E-state index contributed by atoms with van der Waals surface area (Å²) in [5, 5.41) is 15.7. The second-order valence-corrected chi connectivity index (χ2v) is 12.4. The zero-order valence-electron chi connectivity index (χ0n) is 28.7. The summed E-state index contributed by atoms with van der Waals surface area (Å²) in [4.78, 5) is 42.9. The van der Waals surface area contributed by atoms with Gasteiger partial charge in [0.05, 0.1) is 29.5 Å². The highest BCUT2D eigenvalue weighted by Crippen LogP contribution is 2.31. The van der Waals surface area contributed by atoms with Crippen LogP contribution in [0.1, 0.15) is 42.4 Å². The number of phenolic OH excluding ortho intramolecular Hbond substituents is 1. The summed E-state index contributed by atoms with van der Waals surface area (Å²) in [6, 6.07) is 21.8. The number of nitrogen functional groups attached to an aromatic ring is 1. The van der Waals surface area contributed by atoms with Crippen LogP contribution in [0, 0.1) is 11.8 Å². The van der Waals surface area contributed by atoms with Gasteiger partial charge in [-0.15, -0.1) is 0 Å². The molecule has 1 aliphatic rings. The van der Waals surface area contributed by atoms with Gasteiger partial charge >= 0.3 is 0 Å². The van der Waals surface area contributed by atoms with Crippen molar-refractivity contribution < 1.29 is 19.4 Å². The Labute approximate surface area is 299 Å². The van der Waals surface area contributed by atoms with Crippen LogP contribution in [-0.4, -0.2) is 78.6 Å². The number of rotatable bonds is 10. The van der Waals surface area contributed by atoms with Gasteiger partial charge in [0.1, 0.15) is 42.2 Å². The molecule has 6 aromatic rings. The molecule has 0 radical (unpaired) electrons. The number of anilines is 1. The van der Waals surface area contributed by atoms with Crippen molar-refractivity contribution >= 4 is 33.7 Å². The molecule has 1 atom stereocenters. The fraction of sp³-hybridized carbons (Fsp3) is 0.282. The number of morpholine rings is 1. The van der Waals surface area contributed by atoms with Gasteiger partial charge in [-0.25, -0.2) is 19.6 Å². The van der Waals surface area contributed by atoms with Crippen molar-refractivity contribution in [3.05, 3.63) is 106 Å². The molecule has 1 saturated heterocycles. The number of carbonyl (C=O) groups is 1. The van der Waals surface area contributed by atoms with Crippen LogP contribution in [-0.2, 0) is 27.2 Å². The van der Waals surface area contributed by atoms with Crippen LogP contribution in [0.5, 0.6) is 5.75 Å². The largest absolute Gasteiger partial charge is 0.508 e. The average molecular weight is 699 g/mol. The minimum Gasteiger partial charge on any atom is -0.508 e. The third-order valence-corrected chi connectivity index (χ3v) is 9.09. The van der Waals surface area contributed by atoms with E-state index < -0.39 is 6.23 Å². The van der Waals surface area contributed by atoms with Crippen molar-refractivity contribution in [2.24, 2.45) is 0 Å². The van der Waals surface area contributed by atoms with Gasteiger partial charge in [0.25, 0.3) is 5.56 Å². The van der Waals surface area contributed by atoms with Crippen molar-refractivity contribution in [2.75, 3.05) is 39.1 Å². The van der Waals surface area contributed by atoms with Gasteiger partial charge in [-0.3, -0.25) is 14.2 Å². The second-order valence-electron chi connectivity index (χ2n) is 12.4. The van der Waals surface area contributed by atoms with Gasteiger partial charge in [0.15, 0.2) is 5.65 Å².